The van der Waals surface area contributed by atoms with Crippen LogP contribution < -0.4 is 0 Å². The lowest BCUT2D eigenvalue weighted by molar-refractivity contribution is 0.0266. The Morgan fingerprint density at radius 1 is 1.24 bits per heavy atom. The van der Waals surface area contributed by atoms with Crippen LogP contribution in [0, 0.1) is 0 Å². The minimum Gasteiger partial charge on any atom is -0.472 e. The smallest absolute Gasteiger partial charge is 0.0947 e. The second kappa shape index (κ2) is 6.87. The summed E-state index contributed by atoms with van der Waals surface area (Å²) in [6.07, 6.45) is 11.2. The van der Waals surface area contributed by atoms with Crippen molar-refractivity contribution < 1.29 is 9.15 Å². The van der Waals surface area contributed by atoms with Gasteiger partial charge in [-0.2, -0.15) is 0 Å². The number of furan rings is 1. The Morgan fingerprint density at radius 2 is 2.14 bits per heavy atom. The summed E-state index contributed by atoms with van der Waals surface area (Å²) in [5, 5.41) is 0. The summed E-state index contributed by atoms with van der Waals surface area (Å²) in [4.78, 5) is 6.46. The van der Waals surface area contributed by atoms with Crippen LogP contribution in [0.25, 0.3) is 0 Å². The lowest BCUT2D eigenvalue weighted by Crippen LogP contribution is -2.29. The van der Waals surface area contributed by atoms with Crippen LogP contribution in [0.3, 0.4) is 0 Å². The first kappa shape index (κ1) is 14.3. The van der Waals surface area contributed by atoms with Crippen molar-refractivity contribution >= 4 is 0 Å². The number of nitrogens with zero attached hydrogens (tertiary/aromatic N) is 2. The summed E-state index contributed by atoms with van der Waals surface area (Å²) < 4.78 is 11.3. The summed E-state index contributed by atoms with van der Waals surface area (Å²) in [5.41, 5.74) is 2.47. The maximum absolute atomic E-state index is 6.16. The van der Waals surface area contributed by atoms with Gasteiger partial charge >= 0.3 is 0 Å². The van der Waals surface area contributed by atoms with Gasteiger partial charge in [-0.05, 0) is 37.6 Å². The second-order valence-corrected chi connectivity index (χ2v) is 5.85. The van der Waals surface area contributed by atoms with Crippen LogP contribution in [-0.2, 0) is 17.7 Å². The van der Waals surface area contributed by atoms with Gasteiger partial charge < -0.3 is 9.15 Å². The third-order valence-electron chi connectivity index (χ3n) is 3.93. The molecule has 112 valence electrons. The fraction of sp³-hybridized carbons (Fsp3) is 0.471. The topological polar surface area (TPSA) is 38.5 Å². The number of pyridine rings is 1. The van der Waals surface area contributed by atoms with Crippen molar-refractivity contribution in [2.75, 3.05) is 13.6 Å². The summed E-state index contributed by atoms with van der Waals surface area (Å²) in [6.45, 7) is 1.87. The summed E-state index contributed by atoms with van der Waals surface area (Å²) >= 11 is 0. The van der Waals surface area contributed by atoms with Gasteiger partial charge in [0.25, 0.3) is 0 Å². The van der Waals surface area contributed by atoms with Crippen molar-refractivity contribution in [3.63, 3.8) is 0 Å². The molecule has 2 aromatic rings. The molecule has 0 unspecified atom stereocenters. The fourth-order valence-electron chi connectivity index (χ4n) is 2.95. The van der Waals surface area contributed by atoms with E-state index in [1.807, 2.05) is 24.5 Å². The first-order valence-electron chi connectivity index (χ1n) is 7.53. The molecule has 0 radical (unpaired) electrons. The number of rotatable bonds is 6. The van der Waals surface area contributed by atoms with E-state index in [1.54, 1.807) is 12.5 Å². The summed E-state index contributed by atoms with van der Waals surface area (Å²) in [5.74, 6) is 0. The lowest BCUT2D eigenvalue weighted by Gasteiger charge is -2.21. The molecule has 0 bridgehead atoms. The molecule has 1 fully saturated rings. The highest BCUT2D eigenvalue weighted by Gasteiger charge is 2.26. The normalized spacial score (nSPS) is 22.0. The van der Waals surface area contributed by atoms with Gasteiger partial charge in [0.2, 0.25) is 0 Å². The molecule has 1 aliphatic rings. The molecule has 2 aromatic heterocycles. The monoisotopic (exact) mass is 286 g/mol. The van der Waals surface area contributed by atoms with Gasteiger partial charge in [0.1, 0.15) is 0 Å². The van der Waals surface area contributed by atoms with E-state index in [1.165, 1.54) is 11.1 Å². The molecule has 0 N–H and O–H groups in total. The molecule has 3 rings (SSSR count). The minimum atomic E-state index is 0.335. The van der Waals surface area contributed by atoms with Gasteiger partial charge in [-0.25, -0.2) is 0 Å². The van der Waals surface area contributed by atoms with Gasteiger partial charge in [-0.3, -0.25) is 9.88 Å². The molecular formula is C17H22N2O2. The van der Waals surface area contributed by atoms with Gasteiger partial charge in [0.05, 0.1) is 24.7 Å². The van der Waals surface area contributed by atoms with E-state index >= 15 is 0 Å². The summed E-state index contributed by atoms with van der Waals surface area (Å²) in [7, 11) is 2.13. The minimum absolute atomic E-state index is 0.335. The molecule has 0 amide bonds. The van der Waals surface area contributed by atoms with E-state index in [-0.39, 0.29) is 0 Å². The maximum atomic E-state index is 6.16. The molecule has 0 spiro atoms. The quantitative estimate of drug-likeness (QED) is 0.818. The molecule has 2 atom stereocenters. The molecular weight excluding hydrogens is 264 g/mol. The molecule has 4 nitrogen and oxygen atoms in total. The van der Waals surface area contributed by atoms with Crippen LogP contribution in [0.2, 0.25) is 0 Å². The van der Waals surface area contributed by atoms with Gasteiger partial charge in [-0.1, -0.05) is 6.07 Å². The Labute approximate surface area is 125 Å². The third kappa shape index (κ3) is 4.16. The third-order valence-corrected chi connectivity index (χ3v) is 3.93. The Bertz CT molecular complexity index is 527. The molecule has 1 aliphatic heterocycles. The Morgan fingerprint density at radius 3 is 2.90 bits per heavy atom. The molecule has 3 heterocycles. The van der Waals surface area contributed by atoms with Crippen molar-refractivity contribution in [1.29, 1.82) is 0 Å². The first-order valence-corrected chi connectivity index (χ1v) is 7.53. The number of aromatic nitrogens is 1. The van der Waals surface area contributed by atoms with Crippen LogP contribution in [0.5, 0.6) is 0 Å². The maximum Gasteiger partial charge on any atom is 0.0947 e. The summed E-state index contributed by atoms with van der Waals surface area (Å²) in [6, 6.07) is 6.12. The largest absolute Gasteiger partial charge is 0.472 e. The highest BCUT2D eigenvalue weighted by atomic mass is 16.5. The van der Waals surface area contributed by atoms with E-state index in [0.717, 1.165) is 32.4 Å². The predicted molar refractivity (Wildman–Crippen MR) is 80.9 cm³/mol. The number of ether oxygens (including phenoxy) is 1. The van der Waals surface area contributed by atoms with E-state index in [9.17, 15) is 0 Å². The number of hydrogen-bond donors (Lipinski definition) is 0. The van der Waals surface area contributed by atoms with Crippen LogP contribution in [0.4, 0.5) is 0 Å². The fourth-order valence-corrected chi connectivity index (χ4v) is 2.95. The standard InChI is InChI=1S/C17H22N2O2/c1-19(11-15-6-8-20-13-15)12-17-5-4-16(21-17)9-14-3-2-7-18-10-14/h2-3,6-8,10,13,16-17H,4-5,9,11-12H2,1H3/t16-,17+/m0/s1. The lowest BCUT2D eigenvalue weighted by atomic mass is 10.1. The van der Waals surface area contributed by atoms with Crippen molar-refractivity contribution in [2.45, 2.75) is 38.0 Å². The zero-order valence-electron chi connectivity index (χ0n) is 12.4. The Balaban J connectivity index is 1.44. The highest BCUT2D eigenvalue weighted by Crippen LogP contribution is 2.23. The molecule has 4 heteroatoms. The average Bonchev–Trinajstić information content (AvgIpc) is 3.12. The highest BCUT2D eigenvalue weighted by molar-refractivity contribution is 5.10. The van der Waals surface area contributed by atoms with Crippen LogP contribution in [0.1, 0.15) is 24.0 Å². The number of likely N-dealkylation sites (N-methyl/N-ethyl adjacent to an activating group) is 1. The van der Waals surface area contributed by atoms with Crippen LogP contribution in [0.15, 0.2) is 47.5 Å². The van der Waals surface area contributed by atoms with Crippen molar-refractivity contribution in [2.24, 2.45) is 0 Å². The number of hydrogen-bond acceptors (Lipinski definition) is 4. The van der Waals surface area contributed by atoms with Gasteiger partial charge in [0, 0.05) is 37.5 Å². The van der Waals surface area contributed by atoms with E-state index in [4.69, 9.17) is 9.15 Å². The molecule has 0 aliphatic carbocycles. The van der Waals surface area contributed by atoms with E-state index in [0.29, 0.717) is 12.2 Å². The molecule has 0 aromatic carbocycles. The van der Waals surface area contributed by atoms with Crippen LogP contribution in [-0.4, -0.2) is 35.7 Å². The average molecular weight is 286 g/mol. The zero-order valence-corrected chi connectivity index (χ0v) is 12.4. The molecule has 1 saturated heterocycles. The molecule has 21 heavy (non-hydrogen) atoms. The van der Waals surface area contributed by atoms with Crippen molar-refractivity contribution in [3.05, 3.63) is 54.2 Å². The van der Waals surface area contributed by atoms with Crippen molar-refractivity contribution in [3.8, 4) is 0 Å². The van der Waals surface area contributed by atoms with E-state index in [2.05, 4.69) is 23.0 Å². The second-order valence-electron chi connectivity index (χ2n) is 5.85. The van der Waals surface area contributed by atoms with E-state index < -0.39 is 0 Å². The molecule has 0 saturated carbocycles. The Hall–Kier alpha value is -1.65. The van der Waals surface area contributed by atoms with Gasteiger partial charge in [-0.15, -0.1) is 0 Å². The Kier molecular flexibility index (Phi) is 4.68. The SMILES string of the molecule is CN(Cc1ccoc1)C[C@H]1CC[C@@H](Cc2cccnc2)O1. The predicted octanol–water partition coefficient (Wildman–Crippen LogP) is 2.90. The van der Waals surface area contributed by atoms with Crippen LogP contribution >= 0.6 is 0 Å². The zero-order chi connectivity index (χ0) is 14.5. The van der Waals surface area contributed by atoms with Crippen molar-refractivity contribution in [1.82, 2.24) is 9.88 Å². The van der Waals surface area contributed by atoms with Gasteiger partial charge in [0.15, 0.2) is 0 Å². The first-order chi connectivity index (χ1) is 10.3.